The number of rotatable bonds is 4. The van der Waals surface area contributed by atoms with Gasteiger partial charge in [0, 0.05) is 12.6 Å². The number of halogens is 1. The molecule has 1 aromatic carbocycles. The summed E-state index contributed by atoms with van der Waals surface area (Å²) in [5.74, 6) is -0.0626. The second-order valence-corrected chi connectivity index (χ2v) is 5.00. The molecule has 2 N–H and O–H groups in total. The van der Waals surface area contributed by atoms with Crippen molar-refractivity contribution in [1.82, 2.24) is 5.32 Å². The highest BCUT2D eigenvalue weighted by molar-refractivity contribution is 5.27. The molecule has 0 bridgehead atoms. The summed E-state index contributed by atoms with van der Waals surface area (Å²) in [6.07, 6.45) is 5.28. The predicted octanol–water partition coefficient (Wildman–Crippen LogP) is 3.20. The zero-order valence-electron chi connectivity index (χ0n) is 10.2. The van der Waals surface area contributed by atoms with Gasteiger partial charge in [0.15, 0.2) is 11.6 Å². The lowest BCUT2D eigenvalue weighted by molar-refractivity contribution is 0.379. The van der Waals surface area contributed by atoms with Crippen LogP contribution in [0.1, 0.15) is 38.2 Å². The number of hydrogen-bond acceptors (Lipinski definition) is 2. The number of phenols is 1. The standard InChI is InChI=1S/C14H20FNO/c1-10(12-4-2-3-5-12)16-9-11-6-7-14(17)13(15)8-11/h6-8,10,12,16-17H,2-5,9H2,1H3. The Hall–Kier alpha value is -1.09. The summed E-state index contributed by atoms with van der Waals surface area (Å²) >= 11 is 0. The van der Waals surface area contributed by atoms with Crippen LogP contribution in [0.5, 0.6) is 5.75 Å². The van der Waals surface area contributed by atoms with E-state index in [9.17, 15) is 4.39 Å². The average Bonchev–Trinajstić information content (AvgIpc) is 2.84. The Bertz CT molecular complexity index is 374. The first-order valence-corrected chi connectivity index (χ1v) is 6.37. The van der Waals surface area contributed by atoms with Crippen LogP contribution in [0, 0.1) is 11.7 Å². The van der Waals surface area contributed by atoms with Crippen molar-refractivity contribution in [2.75, 3.05) is 0 Å². The Morgan fingerprint density at radius 1 is 1.41 bits per heavy atom. The summed E-state index contributed by atoms with van der Waals surface area (Å²) in [4.78, 5) is 0. The van der Waals surface area contributed by atoms with Gasteiger partial charge in [-0.25, -0.2) is 4.39 Å². The van der Waals surface area contributed by atoms with Gasteiger partial charge in [0.05, 0.1) is 0 Å². The number of hydrogen-bond donors (Lipinski definition) is 2. The molecule has 1 atom stereocenters. The van der Waals surface area contributed by atoms with Gasteiger partial charge in [-0.1, -0.05) is 18.9 Å². The molecule has 94 valence electrons. The lowest BCUT2D eigenvalue weighted by Gasteiger charge is -2.20. The summed E-state index contributed by atoms with van der Waals surface area (Å²) in [6.45, 7) is 2.86. The van der Waals surface area contributed by atoms with E-state index in [-0.39, 0.29) is 5.75 Å². The van der Waals surface area contributed by atoms with Gasteiger partial charge >= 0.3 is 0 Å². The van der Waals surface area contributed by atoms with E-state index in [1.54, 1.807) is 6.07 Å². The molecule has 17 heavy (non-hydrogen) atoms. The molecule has 0 saturated heterocycles. The number of benzene rings is 1. The first-order chi connectivity index (χ1) is 8.16. The van der Waals surface area contributed by atoms with Crippen molar-refractivity contribution >= 4 is 0 Å². The highest BCUT2D eigenvalue weighted by atomic mass is 19.1. The van der Waals surface area contributed by atoms with E-state index < -0.39 is 5.82 Å². The summed E-state index contributed by atoms with van der Waals surface area (Å²) in [7, 11) is 0. The topological polar surface area (TPSA) is 32.3 Å². The predicted molar refractivity (Wildman–Crippen MR) is 66.3 cm³/mol. The van der Waals surface area contributed by atoms with E-state index in [4.69, 9.17) is 5.11 Å². The van der Waals surface area contributed by atoms with Gasteiger partial charge < -0.3 is 10.4 Å². The minimum absolute atomic E-state index is 0.280. The third-order valence-electron chi connectivity index (χ3n) is 3.75. The van der Waals surface area contributed by atoms with E-state index in [0.717, 1.165) is 11.5 Å². The maximum Gasteiger partial charge on any atom is 0.165 e. The highest BCUT2D eigenvalue weighted by Gasteiger charge is 2.20. The molecular formula is C14H20FNO. The van der Waals surface area contributed by atoms with Crippen LogP contribution in [-0.2, 0) is 6.54 Å². The van der Waals surface area contributed by atoms with E-state index in [1.165, 1.54) is 37.8 Å². The largest absolute Gasteiger partial charge is 0.505 e. The Balaban J connectivity index is 1.86. The molecule has 0 amide bonds. The minimum atomic E-state index is -0.544. The fourth-order valence-corrected chi connectivity index (χ4v) is 2.56. The monoisotopic (exact) mass is 237 g/mol. The van der Waals surface area contributed by atoms with Crippen LogP contribution in [-0.4, -0.2) is 11.1 Å². The van der Waals surface area contributed by atoms with Gasteiger partial charge in [-0.15, -0.1) is 0 Å². The minimum Gasteiger partial charge on any atom is -0.505 e. The smallest absolute Gasteiger partial charge is 0.165 e. The van der Waals surface area contributed by atoms with Crippen molar-refractivity contribution in [3.05, 3.63) is 29.6 Å². The van der Waals surface area contributed by atoms with E-state index in [1.807, 2.05) is 0 Å². The Kier molecular flexibility index (Phi) is 4.00. The molecule has 1 aliphatic carbocycles. The fourth-order valence-electron chi connectivity index (χ4n) is 2.56. The van der Waals surface area contributed by atoms with Crippen LogP contribution in [0.3, 0.4) is 0 Å². The van der Waals surface area contributed by atoms with Crippen molar-refractivity contribution in [2.24, 2.45) is 5.92 Å². The molecule has 0 aromatic heterocycles. The van der Waals surface area contributed by atoms with E-state index in [0.29, 0.717) is 12.6 Å². The van der Waals surface area contributed by atoms with Gasteiger partial charge in [0.2, 0.25) is 0 Å². The normalized spacial score (nSPS) is 18.5. The molecule has 3 heteroatoms. The fraction of sp³-hybridized carbons (Fsp3) is 0.571. The molecule has 1 aromatic rings. The van der Waals surface area contributed by atoms with Crippen LogP contribution < -0.4 is 5.32 Å². The average molecular weight is 237 g/mol. The first kappa shape index (κ1) is 12.4. The second kappa shape index (κ2) is 5.50. The summed E-state index contributed by atoms with van der Waals surface area (Å²) in [6, 6.07) is 5.04. The number of phenolic OH excluding ortho intramolecular Hbond substituents is 1. The van der Waals surface area contributed by atoms with Gasteiger partial charge in [-0.3, -0.25) is 0 Å². The zero-order valence-corrected chi connectivity index (χ0v) is 10.2. The molecule has 1 aliphatic rings. The maximum atomic E-state index is 13.1. The Morgan fingerprint density at radius 3 is 2.76 bits per heavy atom. The molecule has 0 radical (unpaired) electrons. The van der Waals surface area contributed by atoms with Crippen molar-refractivity contribution in [3.8, 4) is 5.75 Å². The summed E-state index contributed by atoms with van der Waals surface area (Å²) in [5, 5.41) is 12.5. The van der Waals surface area contributed by atoms with E-state index in [2.05, 4.69) is 12.2 Å². The van der Waals surface area contributed by atoms with Gasteiger partial charge in [0.25, 0.3) is 0 Å². The van der Waals surface area contributed by atoms with Gasteiger partial charge in [0.1, 0.15) is 0 Å². The molecule has 1 unspecified atom stereocenters. The zero-order chi connectivity index (χ0) is 12.3. The van der Waals surface area contributed by atoms with Crippen LogP contribution in [0.15, 0.2) is 18.2 Å². The SMILES string of the molecule is CC(NCc1ccc(O)c(F)c1)C1CCCC1. The van der Waals surface area contributed by atoms with E-state index >= 15 is 0 Å². The Labute approximate surface area is 102 Å². The maximum absolute atomic E-state index is 13.1. The van der Waals surface area contributed by atoms with Crippen molar-refractivity contribution in [2.45, 2.75) is 45.2 Å². The summed E-state index contributed by atoms with van der Waals surface area (Å²) in [5.41, 5.74) is 0.880. The molecule has 1 fully saturated rings. The molecule has 2 nitrogen and oxygen atoms in total. The number of aromatic hydroxyl groups is 1. The molecule has 2 rings (SSSR count). The molecule has 0 spiro atoms. The van der Waals surface area contributed by atoms with Crippen molar-refractivity contribution in [3.63, 3.8) is 0 Å². The first-order valence-electron chi connectivity index (χ1n) is 6.37. The summed E-state index contributed by atoms with van der Waals surface area (Å²) < 4.78 is 13.1. The molecule has 0 aliphatic heterocycles. The van der Waals surface area contributed by atoms with Gasteiger partial charge in [-0.05, 0) is 43.4 Å². The quantitative estimate of drug-likeness (QED) is 0.842. The van der Waals surface area contributed by atoms with Crippen LogP contribution >= 0.6 is 0 Å². The number of nitrogens with one attached hydrogen (secondary N) is 1. The van der Waals surface area contributed by atoms with Gasteiger partial charge in [-0.2, -0.15) is 0 Å². The highest BCUT2D eigenvalue weighted by Crippen LogP contribution is 2.27. The molecular weight excluding hydrogens is 217 g/mol. The second-order valence-electron chi connectivity index (χ2n) is 5.00. The van der Waals surface area contributed by atoms with Crippen LogP contribution in [0.4, 0.5) is 4.39 Å². The lowest BCUT2D eigenvalue weighted by Crippen LogP contribution is -2.31. The third-order valence-corrected chi connectivity index (χ3v) is 3.75. The van der Waals surface area contributed by atoms with Crippen molar-refractivity contribution < 1.29 is 9.50 Å². The van der Waals surface area contributed by atoms with Crippen molar-refractivity contribution in [1.29, 1.82) is 0 Å². The molecule has 0 heterocycles. The third kappa shape index (κ3) is 3.19. The van der Waals surface area contributed by atoms with Crippen LogP contribution in [0.2, 0.25) is 0 Å². The lowest BCUT2D eigenvalue weighted by atomic mass is 9.99. The Morgan fingerprint density at radius 2 is 2.12 bits per heavy atom. The van der Waals surface area contributed by atoms with Crippen LogP contribution in [0.25, 0.3) is 0 Å². The molecule has 1 saturated carbocycles.